The summed E-state index contributed by atoms with van der Waals surface area (Å²) < 4.78 is 10.6. The summed E-state index contributed by atoms with van der Waals surface area (Å²) >= 11 is 0. The number of methoxy groups -OCH3 is 1. The lowest BCUT2D eigenvalue weighted by atomic mass is 10.1. The zero-order valence-corrected chi connectivity index (χ0v) is 11.3. The molecule has 3 N–H and O–H groups in total. The van der Waals surface area contributed by atoms with Crippen LogP contribution in [0.15, 0.2) is 24.3 Å². The highest BCUT2D eigenvalue weighted by atomic mass is 16.5. The lowest BCUT2D eigenvalue weighted by molar-refractivity contribution is -0.131. The summed E-state index contributed by atoms with van der Waals surface area (Å²) in [5.74, 6) is -0.973. The Hall–Kier alpha value is -2.50. The van der Waals surface area contributed by atoms with Gasteiger partial charge in [-0.25, -0.2) is 4.79 Å². The Kier molecular flexibility index (Phi) is 5.58. The summed E-state index contributed by atoms with van der Waals surface area (Å²) in [5.41, 5.74) is 5.73. The Labute approximate surface area is 116 Å². The van der Waals surface area contributed by atoms with Gasteiger partial charge in [-0.1, -0.05) is 6.92 Å². The van der Waals surface area contributed by atoms with Crippen molar-refractivity contribution in [2.45, 2.75) is 6.92 Å². The Morgan fingerprint density at radius 2 is 2.15 bits per heavy atom. The molecule has 1 aromatic rings. The number of carbonyl (C=O) groups is 2. The van der Waals surface area contributed by atoms with E-state index in [1.165, 1.54) is 13.2 Å². The molecule has 0 aromatic heterocycles. The van der Waals surface area contributed by atoms with Gasteiger partial charge in [-0.2, -0.15) is 0 Å². The average molecular weight is 279 g/mol. The van der Waals surface area contributed by atoms with Crippen molar-refractivity contribution in [2.24, 2.45) is 11.7 Å². The average Bonchev–Trinajstić information content (AvgIpc) is 2.42. The monoisotopic (exact) mass is 279 g/mol. The summed E-state index contributed by atoms with van der Waals surface area (Å²) in [6.45, 7) is 1.76. The van der Waals surface area contributed by atoms with Crippen LogP contribution in [-0.2, 0) is 9.59 Å². The van der Waals surface area contributed by atoms with Gasteiger partial charge in [0.1, 0.15) is 11.5 Å². The van der Waals surface area contributed by atoms with E-state index in [0.717, 1.165) is 6.08 Å². The molecule has 1 unspecified atom stereocenters. The maximum absolute atomic E-state index is 11.0. The van der Waals surface area contributed by atoms with Crippen LogP contribution in [0, 0.1) is 5.92 Å². The predicted octanol–water partition coefficient (Wildman–Crippen LogP) is 1.29. The van der Waals surface area contributed by atoms with Gasteiger partial charge in [-0.05, 0) is 18.2 Å². The van der Waals surface area contributed by atoms with Crippen molar-refractivity contribution in [3.05, 3.63) is 29.8 Å². The second kappa shape index (κ2) is 7.18. The van der Waals surface area contributed by atoms with Crippen molar-refractivity contribution >= 4 is 18.0 Å². The number of rotatable bonds is 7. The van der Waals surface area contributed by atoms with Crippen LogP contribution in [0.2, 0.25) is 0 Å². The maximum Gasteiger partial charge on any atom is 0.328 e. The molecule has 6 nitrogen and oxygen atoms in total. The number of nitrogens with two attached hydrogens (primary N) is 1. The van der Waals surface area contributed by atoms with Gasteiger partial charge >= 0.3 is 5.97 Å². The molecule has 1 aromatic carbocycles. The summed E-state index contributed by atoms with van der Waals surface area (Å²) in [6, 6.07) is 4.98. The van der Waals surface area contributed by atoms with Gasteiger partial charge in [0.15, 0.2) is 0 Å². The van der Waals surface area contributed by atoms with Crippen LogP contribution in [0.4, 0.5) is 0 Å². The molecule has 1 atom stereocenters. The van der Waals surface area contributed by atoms with Crippen LogP contribution in [0.1, 0.15) is 12.5 Å². The minimum atomic E-state index is -1.06. The van der Waals surface area contributed by atoms with E-state index >= 15 is 0 Å². The van der Waals surface area contributed by atoms with Crippen LogP contribution in [0.25, 0.3) is 6.08 Å². The fourth-order valence-electron chi connectivity index (χ4n) is 1.36. The quantitative estimate of drug-likeness (QED) is 0.733. The number of benzene rings is 1. The minimum Gasteiger partial charge on any atom is -0.497 e. The van der Waals surface area contributed by atoms with Gasteiger partial charge in [-0.15, -0.1) is 0 Å². The highest BCUT2D eigenvalue weighted by Crippen LogP contribution is 2.26. The summed E-state index contributed by atoms with van der Waals surface area (Å²) in [6.07, 6.45) is 2.41. The number of primary amides is 1. The number of hydrogen-bond donors (Lipinski definition) is 2. The maximum atomic E-state index is 11.0. The molecule has 6 heteroatoms. The molecule has 1 rings (SSSR count). The number of amides is 1. The van der Waals surface area contributed by atoms with E-state index < -0.39 is 17.8 Å². The van der Waals surface area contributed by atoms with E-state index in [9.17, 15) is 9.59 Å². The third kappa shape index (κ3) is 4.64. The number of carboxylic acid groups (broad SMARTS) is 1. The van der Waals surface area contributed by atoms with E-state index in [0.29, 0.717) is 17.1 Å². The molecule has 0 aliphatic rings. The van der Waals surface area contributed by atoms with Crippen LogP contribution in [0.3, 0.4) is 0 Å². The van der Waals surface area contributed by atoms with E-state index in [1.807, 2.05) is 0 Å². The molecule has 0 bridgehead atoms. The molecule has 0 spiro atoms. The van der Waals surface area contributed by atoms with Crippen molar-refractivity contribution in [3.63, 3.8) is 0 Å². The summed E-state index contributed by atoms with van der Waals surface area (Å²) in [5, 5.41) is 8.64. The Morgan fingerprint density at radius 1 is 1.45 bits per heavy atom. The molecular formula is C14H17NO5. The lowest BCUT2D eigenvalue weighted by Gasteiger charge is -2.13. The third-order valence-corrected chi connectivity index (χ3v) is 2.60. The molecule has 0 aliphatic carbocycles. The Bertz CT molecular complexity index is 524. The molecule has 0 aliphatic heterocycles. The Morgan fingerprint density at radius 3 is 2.70 bits per heavy atom. The highest BCUT2D eigenvalue weighted by Gasteiger charge is 2.11. The SMILES string of the molecule is COc1ccc(C=CC(=O)O)c(OCC(C)C(N)=O)c1. The molecule has 20 heavy (non-hydrogen) atoms. The van der Waals surface area contributed by atoms with Crippen LogP contribution < -0.4 is 15.2 Å². The zero-order valence-electron chi connectivity index (χ0n) is 11.3. The van der Waals surface area contributed by atoms with Gasteiger partial charge in [0, 0.05) is 17.7 Å². The largest absolute Gasteiger partial charge is 0.497 e. The first-order chi connectivity index (χ1) is 9.43. The van der Waals surface area contributed by atoms with E-state index in [1.54, 1.807) is 25.1 Å². The van der Waals surface area contributed by atoms with E-state index in [-0.39, 0.29) is 6.61 Å². The minimum absolute atomic E-state index is 0.108. The number of aliphatic carboxylic acids is 1. The number of hydrogen-bond acceptors (Lipinski definition) is 4. The molecule has 0 heterocycles. The fraction of sp³-hybridized carbons (Fsp3) is 0.286. The van der Waals surface area contributed by atoms with Crippen molar-refractivity contribution in [3.8, 4) is 11.5 Å². The smallest absolute Gasteiger partial charge is 0.328 e. The van der Waals surface area contributed by atoms with Gasteiger partial charge < -0.3 is 20.3 Å². The molecular weight excluding hydrogens is 262 g/mol. The molecule has 0 radical (unpaired) electrons. The topological polar surface area (TPSA) is 98.8 Å². The first-order valence-corrected chi connectivity index (χ1v) is 5.95. The van der Waals surface area contributed by atoms with Crippen LogP contribution >= 0.6 is 0 Å². The Balaban J connectivity index is 2.94. The fourth-order valence-corrected chi connectivity index (χ4v) is 1.36. The van der Waals surface area contributed by atoms with Crippen molar-refractivity contribution in [2.75, 3.05) is 13.7 Å². The second-order valence-corrected chi connectivity index (χ2v) is 4.19. The molecule has 1 amide bonds. The third-order valence-electron chi connectivity index (χ3n) is 2.60. The lowest BCUT2D eigenvalue weighted by Crippen LogP contribution is -2.25. The molecule has 0 saturated heterocycles. The van der Waals surface area contributed by atoms with Crippen molar-refractivity contribution in [1.82, 2.24) is 0 Å². The van der Waals surface area contributed by atoms with Gasteiger partial charge in [0.05, 0.1) is 19.6 Å². The zero-order chi connectivity index (χ0) is 15.1. The summed E-state index contributed by atoms with van der Waals surface area (Å²) in [7, 11) is 1.51. The normalized spacial score (nSPS) is 12.1. The van der Waals surface area contributed by atoms with Gasteiger partial charge in [-0.3, -0.25) is 4.79 Å². The van der Waals surface area contributed by atoms with Crippen LogP contribution in [0.5, 0.6) is 11.5 Å². The van der Waals surface area contributed by atoms with Crippen molar-refractivity contribution in [1.29, 1.82) is 0 Å². The number of ether oxygens (including phenoxy) is 2. The predicted molar refractivity (Wildman–Crippen MR) is 73.5 cm³/mol. The van der Waals surface area contributed by atoms with Crippen molar-refractivity contribution < 1.29 is 24.2 Å². The highest BCUT2D eigenvalue weighted by molar-refractivity contribution is 5.86. The summed E-state index contributed by atoms with van der Waals surface area (Å²) in [4.78, 5) is 21.5. The number of carboxylic acids is 1. The van der Waals surface area contributed by atoms with Gasteiger partial charge in [0.25, 0.3) is 0 Å². The van der Waals surface area contributed by atoms with E-state index in [2.05, 4.69) is 0 Å². The standard InChI is InChI=1S/C14H17NO5/c1-9(14(15)18)8-20-12-7-11(19-2)5-3-10(12)4-6-13(16)17/h3-7,9H,8H2,1-2H3,(H2,15,18)(H,16,17). The number of carbonyl (C=O) groups excluding carboxylic acids is 1. The molecule has 0 fully saturated rings. The molecule has 0 saturated carbocycles. The van der Waals surface area contributed by atoms with Gasteiger partial charge in [0.2, 0.25) is 5.91 Å². The first kappa shape index (κ1) is 15.6. The first-order valence-electron chi connectivity index (χ1n) is 5.95. The molecule has 108 valence electrons. The van der Waals surface area contributed by atoms with Crippen LogP contribution in [-0.4, -0.2) is 30.7 Å². The second-order valence-electron chi connectivity index (χ2n) is 4.19. The van der Waals surface area contributed by atoms with E-state index in [4.69, 9.17) is 20.3 Å².